The summed E-state index contributed by atoms with van der Waals surface area (Å²) in [4.78, 5) is 0. The Balaban J connectivity index is 1.88. The van der Waals surface area contributed by atoms with Crippen molar-refractivity contribution in [3.05, 3.63) is 64.8 Å². The zero-order valence-corrected chi connectivity index (χ0v) is 11.7. The zero-order chi connectivity index (χ0) is 13.2. The first kappa shape index (κ1) is 12.4. The fourth-order valence-corrected chi connectivity index (χ4v) is 2.54. The Kier molecular flexibility index (Phi) is 3.34. The second-order valence-electron chi connectivity index (χ2n) is 4.40. The molecule has 1 heterocycles. The molecule has 0 radical (unpaired) electrons. The summed E-state index contributed by atoms with van der Waals surface area (Å²) in [7, 11) is 0. The number of hydrogen-bond donors (Lipinski definition) is 0. The maximum Gasteiger partial charge on any atom is 0.145 e. The highest BCUT2D eigenvalue weighted by Crippen LogP contribution is 2.24. The highest BCUT2D eigenvalue weighted by molar-refractivity contribution is 9.10. The van der Waals surface area contributed by atoms with Crippen molar-refractivity contribution in [2.45, 2.75) is 12.7 Å². The molecule has 3 aromatic rings. The largest absolute Gasteiger partial charge is 0.268 e. The van der Waals surface area contributed by atoms with Crippen molar-refractivity contribution < 1.29 is 4.39 Å². The van der Waals surface area contributed by atoms with E-state index in [1.807, 2.05) is 42.6 Å². The molecule has 0 bridgehead atoms. The smallest absolute Gasteiger partial charge is 0.145 e. The lowest BCUT2D eigenvalue weighted by Gasteiger charge is -2.08. The van der Waals surface area contributed by atoms with Crippen molar-refractivity contribution >= 4 is 26.8 Å². The third-order valence-corrected chi connectivity index (χ3v) is 3.74. The Labute approximate surface area is 119 Å². The minimum Gasteiger partial charge on any atom is -0.268 e. The highest BCUT2D eigenvalue weighted by Gasteiger charge is 2.12. The first-order valence-electron chi connectivity index (χ1n) is 6.05. The summed E-state index contributed by atoms with van der Waals surface area (Å²) in [5, 5.41) is 5.39. The van der Waals surface area contributed by atoms with Crippen molar-refractivity contribution in [1.82, 2.24) is 9.78 Å². The van der Waals surface area contributed by atoms with Gasteiger partial charge in [0, 0.05) is 16.1 Å². The van der Waals surface area contributed by atoms with Gasteiger partial charge in [-0.3, -0.25) is 4.68 Å². The number of alkyl halides is 1. The fraction of sp³-hybridized carbons (Fsp3) is 0.133. The van der Waals surface area contributed by atoms with Gasteiger partial charge in [-0.2, -0.15) is 5.10 Å². The van der Waals surface area contributed by atoms with Gasteiger partial charge in [0.05, 0.1) is 12.1 Å². The molecule has 0 unspecified atom stereocenters. The van der Waals surface area contributed by atoms with E-state index in [-0.39, 0.29) is 6.54 Å². The molecule has 0 aliphatic rings. The Morgan fingerprint density at radius 2 is 1.89 bits per heavy atom. The molecule has 0 aliphatic heterocycles. The van der Waals surface area contributed by atoms with Crippen LogP contribution in [-0.4, -0.2) is 9.78 Å². The fourth-order valence-electron chi connectivity index (χ4n) is 2.08. The van der Waals surface area contributed by atoms with Crippen molar-refractivity contribution in [2.75, 3.05) is 0 Å². The molecule has 2 nitrogen and oxygen atoms in total. The topological polar surface area (TPSA) is 17.8 Å². The van der Waals surface area contributed by atoms with Gasteiger partial charge in [-0.05, 0) is 17.7 Å². The van der Waals surface area contributed by atoms with Gasteiger partial charge in [0.15, 0.2) is 0 Å². The normalized spacial score (nSPS) is 12.7. The molecule has 1 atom stereocenters. The first-order valence-corrected chi connectivity index (χ1v) is 6.84. The number of fused-ring (bicyclic) bond motifs is 1. The van der Waals surface area contributed by atoms with E-state index in [0.29, 0.717) is 5.56 Å². The van der Waals surface area contributed by atoms with E-state index in [1.54, 1.807) is 16.8 Å². The maximum atomic E-state index is 14.2. The third-order valence-electron chi connectivity index (χ3n) is 3.05. The number of aromatic nitrogens is 2. The number of hydrogen-bond acceptors (Lipinski definition) is 1. The molecule has 0 saturated carbocycles. The Morgan fingerprint density at radius 3 is 2.63 bits per heavy atom. The average molecular weight is 319 g/mol. The molecule has 0 amide bonds. The van der Waals surface area contributed by atoms with E-state index < -0.39 is 6.17 Å². The van der Waals surface area contributed by atoms with Gasteiger partial charge in [0.25, 0.3) is 0 Å². The second-order valence-corrected chi connectivity index (χ2v) is 5.26. The predicted octanol–water partition coefficient (Wildman–Crippen LogP) is 4.51. The van der Waals surface area contributed by atoms with Crippen LogP contribution in [0, 0.1) is 0 Å². The molecule has 19 heavy (non-hydrogen) atoms. The van der Waals surface area contributed by atoms with E-state index in [0.717, 1.165) is 15.4 Å². The molecule has 0 spiro atoms. The SMILES string of the molecule is F[C@H](Cn1cc2c(Br)cccc2n1)c1ccccc1. The van der Waals surface area contributed by atoms with Crippen LogP contribution < -0.4 is 0 Å². The van der Waals surface area contributed by atoms with Gasteiger partial charge in [0.1, 0.15) is 6.17 Å². The lowest BCUT2D eigenvalue weighted by atomic mass is 10.1. The summed E-state index contributed by atoms with van der Waals surface area (Å²) in [5.41, 5.74) is 1.55. The number of nitrogens with zero attached hydrogens (tertiary/aromatic N) is 2. The second kappa shape index (κ2) is 5.13. The lowest BCUT2D eigenvalue weighted by Crippen LogP contribution is -2.05. The molecular weight excluding hydrogens is 307 g/mol. The van der Waals surface area contributed by atoms with Crippen LogP contribution in [0.25, 0.3) is 10.9 Å². The van der Waals surface area contributed by atoms with E-state index in [1.165, 1.54) is 0 Å². The molecule has 1 aromatic heterocycles. The monoisotopic (exact) mass is 318 g/mol. The number of halogens is 2. The van der Waals surface area contributed by atoms with Gasteiger partial charge in [-0.25, -0.2) is 4.39 Å². The molecule has 4 heteroatoms. The van der Waals surface area contributed by atoms with Crippen LogP contribution in [0.4, 0.5) is 4.39 Å². The van der Waals surface area contributed by atoms with Gasteiger partial charge in [0.2, 0.25) is 0 Å². The summed E-state index contributed by atoms with van der Waals surface area (Å²) in [5.74, 6) is 0. The Morgan fingerprint density at radius 1 is 1.11 bits per heavy atom. The van der Waals surface area contributed by atoms with Gasteiger partial charge in [-0.15, -0.1) is 0 Å². The molecule has 0 N–H and O–H groups in total. The van der Waals surface area contributed by atoms with E-state index in [9.17, 15) is 4.39 Å². The quantitative estimate of drug-likeness (QED) is 0.694. The van der Waals surface area contributed by atoms with Crippen LogP contribution in [0.3, 0.4) is 0 Å². The Hall–Kier alpha value is -1.68. The molecule has 2 aromatic carbocycles. The highest BCUT2D eigenvalue weighted by atomic mass is 79.9. The van der Waals surface area contributed by atoms with Crippen LogP contribution in [-0.2, 0) is 6.54 Å². The van der Waals surface area contributed by atoms with Crippen molar-refractivity contribution in [1.29, 1.82) is 0 Å². The molecule has 3 rings (SSSR count). The summed E-state index contributed by atoms with van der Waals surface area (Å²) in [6.07, 6.45) is 0.823. The van der Waals surface area contributed by atoms with Gasteiger partial charge < -0.3 is 0 Å². The van der Waals surface area contributed by atoms with Crippen molar-refractivity contribution in [3.63, 3.8) is 0 Å². The van der Waals surface area contributed by atoms with E-state index in [4.69, 9.17) is 0 Å². The van der Waals surface area contributed by atoms with Crippen LogP contribution in [0.15, 0.2) is 59.2 Å². The maximum absolute atomic E-state index is 14.2. The minimum absolute atomic E-state index is 0.227. The summed E-state index contributed by atoms with van der Waals surface area (Å²) in [6.45, 7) is 0.227. The predicted molar refractivity (Wildman–Crippen MR) is 77.7 cm³/mol. The van der Waals surface area contributed by atoms with Gasteiger partial charge >= 0.3 is 0 Å². The van der Waals surface area contributed by atoms with Gasteiger partial charge in [-0.1, -0.05) is 52.3 Å². The van der Waals surface area contributed by atoms with Crippen LogP contribution in [0.5, 0.6) is 0 Å². The van der Waals surface area contributed by atoms with Crippen LogP contribution in [0.1, 0.15) is 11.7 Å². The zero-order valence-electron chi connectivity index (χ0n) is 10.1. The standard InChI is InChI=1S/C15H12BrFN2/c16-13-7-4-8-15-12(13)9-19(18-15)10-14(17)11-5-2-1-3-6-11/h1-9,14H,10H2/t14-/m1/s1. The van der Waals surface area contributed by atoms with E-state index in [2.05, 4.69) is 21.0 Å². The molecule has 0 saturated heterocycles. The molecule has 0 aliphatic carbocycles. The average Bonchev–Trinajstić information content (AvgIpc) is 2.84. The summed E-state index contributed by atoms with van der Waals surface area (Å²) >= 11 is 3.47. The lowest BCUT2D eigenvalue weighted by molar-refractivity contribution is 0.293. The first-order chi connectivity index (χ1) is 9.24. The number of benzene rings is 2. The Bertz CT molecular complexity index is 694. The van der Waals surface area contributed by atoms with Crippen molar-refractivity contribution in [2.24, 2.45) is 0 Å². The van der Waals surface area contributed by atoms with E-state index >= 15 is 0 Å². The summed E-state index contributed by atoms with van der Waals surface area (Å²) in [6, 6.07) is 15.0. The molecule has 0 fully saturated rings. The molecular formula is C15H12BrFN2. The minimum atomic E-state index is -1.05. The van der Waals surface area contributed by atoms with Crippen LogP contribution >= 0.6 is 15.9 Å². The summed E-state index contributed by atoms with van der Waals surface area (Å²) < 4.78 is 16.8. The van der Waals surface area contributed by atoms with Crippen LogP contribution in [0.2, 0.25) is 0 Å². The molecule has 96 valence electrons. The third kappa shape index (κ3) is 2.54. The number of rotatable bonds is 3. The van der Waals surface area contributed by atoms with Crippen molar-refractivity contribution in [3.8, 4) is 0 Å².